The van der Waals surface area contributed by atoms with Gasteiger partial charge in [0.1, 0.15) is 11.5 Å². The summed E-state index contributed by atoms with van der Waals surface area (Å²) in [5.74, 6) is 0.905. The van der Waals surface area contributed by atoms with Crippen LogP contribution in [0.2, 0.25) is 0 Å². The van der Waals surface area contributed by atoms with Crippen molar-refractivity contribution < 1.29 is 14.3 Å². The zero-order valence-electron chi connectivity index (χ0n) is 17.2. The summed E-state index contributed by atoms with van der Waals surface area (Å²) in [5, 5.41) is 2.99. The summed E-state index contributed by atoms with van der Waals surface area (Å²) in [6, 6.07) is 23.9. The number of nitrogens with zero attached hydrogens (tertiary/aromatic N) is 1. The number of carbonyl (C=O) groups excluding carboxylic acids is 2. The van der Waals surface area contributed by atoms with Crippen molar-refractivity contribution >= 4 is 17.5 Å². The molecule has 2 amide bonds. The van der Waals surface area contributed by atoms with E-state index in [9.17, 15) is 9.59 Å². The van der Waals surface area contributed by atoms with Crippen LogP contribution in [-0.2, 0) is 11.3 Å². The quantitative estimate of drug-likeness (QED) is 0.606. The molecule has 1 atom stereocenters. The summed E-state index contributed by atoms with van der Waals surface area (Å²) in [7, 11) is 0. The molecular weight excluding hydrogens is 390 g/mol. The van der Waals surface area contributed by atoms with Crippen molar-refractivity contribution in [1.82, 2.24) is 4.90 Å². The SMILES string of the molecule is NC(=O)C1CCCN1Cc1ccccc1NC(=O)c1ccc(Oc2ccccc2)cc1. The van der Waals surface area contributed by atoms with Crippen molar-refractivity contribution in [3.05, 3.63) is 90.0 Å². The molecule has 1 fully saturated rings. The molecule has 0 aliphatic carbocycles. The van der Waals surface area contributed by atoms with Gasteiger partial charge in [-0.3, -0.25) is 14.5 Å². The maximum Gasteiger partial charge on any atom is 0.255 e. The number of rotatable bonds is 7. The topological polar surface area (TPSA) is 84.7 Å². The van der Waals surface area contributed by atoms with Gasteiger partial charge in [0, 0.05) is 17.8 Å². The Kier molecular flexibility index (Phi) is 6.29. The number of likely N-dealkylation sites (tertiary alicyclic amines) is 1. The lowest BCUT2D eigenvalue weighted by atomic mass is 10.1. The second-order valence-electron chi connectivity index (χ2n) is 7.58. The van der Waals surface area contributed by atoms with Gasteiger partial charge in [-0.2, -0.15) is 0 Å². The minimum absolute atomic E-state index is 0.202. The normalized spacial score (nSPS) is 16.1. The number of hydrogen-bond acceptors (Lipinski definition) is 4. The van der Waals surface area contributed by atoms with Crippen LogP contribution in [0.5, 0.6) is 11.5 Å². The fourth-order valence-corrected chi connectivity index (χ4v) is 3.83. The predicted octanol–water partition coefficient (Wildman–Crippen LogP) is 4.18. The van der Waals surface area contributed by atoms with Crippen LogP contribution in [0.3, 0.4) is 0 Å². The number of nitrogens with one attached hydrogen (secondary N) is 1. The highest BCUT2D eigenvalue weighted by Crippen LogP contribution is 2.25. The molecule has 0 radical (unpaired) electrons. The highest BCUT2D eigenvalue weighted by Gasteiger charge is 2.29. The Morgan fingerprint density at radius 1 is 0.935 bits per heavy atom. The Morgan fingerprint density at radius 3 is 2.35 bits per heavy atom. The van der Waals surface area contributed by atoms with Gasteiger partial charge in [0.15, 0.2) is 0 Å². The molecule has 0 spiro atoms. The van der Waals surface area contributed by atoms with E-state index in [-0.39, 0.29) is 17.9 Å². The second kappa shape index (κ2) is 9.45. The van der Waals surface area contributed by atoms with E-state index in [1.54, 1.807) is 24.3 Å². The molecule has 0 aromatic heterocycles. The first-order valence-corrected chi connectivity index (χ1v) is 10.4. The molecule has 1 aliphatic rings. The van der Waals surface area contributed by atoms with Gasteiger partial charge in [0.25, 0.3) is 5.91 Å². The standard InChI is InChI=1S/C25H25N3O3/c26-24(29)23-11-6-16-28(23)17-19-7-4-5-10-22(19)27-25(30)18-12-14-21(15-13-18)31-20-8-2-1-3-9-20/h1-5,7-10,12-15,23H,6,11,16-17H2,(H2,26,29)(H,27,30). The third kappa shape index (κ3) is 5.10. The molecular formula is C25H25N3O3. The molecule has 3 aromatic carbocycles. The smallest absolute Gasteiger partial charge is 0.255 e. The summed E-state index contributed by atoms with van der Waals surface area (Å²) in [4.78, 5) is 26.6. The lowest BCUT2D eigenvalue weighted by molar-refractivity contribution is -0.122. The summed E-state index contributed by atoms with van der Waals surface area (Å²) in [6.45, 7) is 1.38. The average molecular weight is 415 g/mol. The summed E-state index contributed by atoms with van der Waals surface area (Å²) >= 11 is 0. The van der Waals surface area contributed by atoms with Gasteiger partial charge in [0.05, 0.1) is 6.04 Å². The summed E-state index contributed by atoms with van der Waals surface area (Å²) < 4.78 is 5.78. The number of amides is 2. The number of para-hydroxylation sites is 2. The highest BCUT2D eigenvalue weighted by molar-refractivity contribution is 6.04. The van der Waals surface area contributed by atoms with Crippen LogP contribution in [0.25, 0.3) is 0 Å². The number of carbonyl (C=O) groups is 2. The third-order valence-corrected chi connectivity index (χ3v) is 5.43. The molecule has 1 aliphatic heterocycles. The highest BCUT2D eigenvalue weighted by atomic mass is 16.5. The first kappa shape index (κ1) is 20.6. The second-order valence-corrected chi connectivity index (χ2v) is 7.58. The van der Waals surface area contributed by atoms with Crippen LogP contribution in [-0.4, -0.2) is 29.3 Å². The minimum Gasteiger partial charge on any atom is -0.457 e. The molecule has 1 saturated heterocycles. The largest absolute Gasteiger partial charge is 0.457 e. The van der Waals surface area contributed by atoms with Crippen molar-refractivity contribution in [2.75, 3.05) is 11.9 Å². The summed E-state index contributed by atoms with van der Waals surface area (Å²) in [5.41, 5.74) is 7.75. The van der Waals surface area contributed by atoms with E-state index >= 15 is 0 Å². The van der Waals surface area contributed by atoms with Crippen molar-refractivity contribution in [2.24, 2.45) is 5.73 Å². The lowest BCUT2D eigenvalue weighted by Gasteiger charge is -2.23. The number of anilines is 1. The number of nitrogens with two attached hydrogens (primary N) is 1. The van der Waals surface area contributed by atoms with E-state index in [0.29, 0.717) is 17.9 Å². The molecule has 1 heterocycles. The van der Waals surface area contributed by atoms with Gasteiger partial charge in [-0.1, -0.05) is 36.4 Å². The Hall–Kier alpha value is -3.64. The maximum absolute atomic E-state index is 12.8. The van der Waals surface area contributed by atoms with Crippen LogP contribution < -0.4 is 15.8 Å². The molecule has 1 unspecified atom stereocenters. The Labute approximate surface area is 181 Å². The maximum atomic E-state index is 12.8. The first-order chi connectivity index (χ1) is 15.1. The van der Waals surface area contributed by atoms with Crippen molar-refractivity contribution in [3.8, 4) is 11.5 Å². The Bertz CT molecular complexity index is 1050. The van der Waals surface area contributed by atoms with Gasteiger partial charge in [-0.15, -0.1) is 0 Å². The average Bonchev–Trinajstić information content (AvgIpc) is 3.25. The van der Waals surface area contributed by atoms with E-state index in [1.165, 1.54) is 0 Å². The number of hydrogen-bond donors (Lipinski definition) is 2. The third-order valence-electron chi connectivity index (χ3n) is 5.43. The lowest BCUT2D eigenvalue weighted by Crippen LogP contribution is -2.39. The predicted molar refractivity (Wildman–Crippen MR) is 120 cm³/mol. The van der Waals surface area contributed by atoms with Gasteiger partial charge in [-0.05, 0) is 67.4 Å². The summed E-state index contributed by atoms with van der Waals surface area (Å²) in [6.07, 6.45) is 1.72. The van der Waals surface area contributed by atoms with Crippen LogP contribution in [0, 0.1) is 0 Å². The van der Waals surface area contributed by atoms with Crippen molar-refractivity contribution in [3.63, 3.8) is 0 Å². The number of ether oxygens (including phenoxy) is 1. The van der Waals surface area contributed by atoms with E-state index in [4.69, 9.17) is 10.5 Å². The fraction of sp³-hybridized carbons (Fsp3) is 0.200. The molecule has 158 valence electrons. The van der Waals surface area contributed by atoms with Crippen LogP contribution in [0.4, 0.5) is 5.69 Å². The van der Waals surface area contributed by atoms with Gasteiger partial charge >= 0.3 is 0 Å². The van der Waals surface area contributed by atoms with Gasteiger partial charge in [0.2, 0.25) is 5.91 Å². The molecule has 3 aromatic rings. The fourth-order valence-electron chi connectivity index (χ4n) is 3.83. The molecule has 0 bridgehead atoms. The van der Waals surface area contributed by atoms with Crippen molar-refractivity contribution in [2.45, 2.75) is 25.4 Å². The monoisotopic (exact) mass is 415 g/mol. The first-order valence-electron chi connectivity index (χ1n) is 10.4. The van der Waals surface area contributed by atoms with Crippen LogP contribution in [0.1, 0.15) is 28.8 Å². The van der Waals surface area contributed by atoms with Crippen LogP contribution >= 0.6 is 0 Å². The van der Waals surface area contributed by atoms with Gasteiger partial charge < -0.3 is 15.8 Å². The van der Waals surface area contributed by atoms with E-state index < -0.39 is 0 Å². The van der Waals surface area contributed by atoms with E-state index in [0.717, 1.165) is 36.4 Å². The molecule has 6 nitrogen and oxygen atoms in total. The minimum atomic E-state index is -0.295. The zero-order chi connectivity index (χ0) is 21.6. The van der Waals surface area contributed by atoms with Crippen LogP contribution in [0.15, 0.2) is 78.9 Å². The molecule has 3 N–H and O–H groups in total. The number of primary amides is 1. The number of benzene rings is 3. The van der Waals surface area contributed by atoms with Crippen molar-refractivity contribution in [1.29, 1.82) is 0 Å². The molecule has 0 saturated carbocycles. The van der Waals surface area contributed by atoms with E-state index in [1.807, 2.05) is 54.6 Å². The van der Waals surface area contributed by atoms with Gasteiger partial charge in [-0.25, -0.2) is 0 Å². The molecule has 6 heteroatoms. The Balaban J connectivity index is 1.43. The molecule has 4 rings (SSSR count). The molecule has 31 heavy (non-hydrogen) atoms. The Morgan fingerprint density at radius 2 is 1.61 bits per heavy atom. The zero-order valence-corrected chi connectivity index (χ0v) is 17.2. The van der Waals surface area contributed by atoms with E-state index in [2.05, 4.69) is 10.2 Å².